The summed E-state index contributed by atoms with van der Waals surface area (Å²) in [4.78, 5) is 4.40. The van der Waals surface area contributed by atoms with Gasteiger partial charge in [0.05, 0.1) is 35.8 Å². The van der Waals surface area contributed by atoms with Crippen molar-refractivity contribution in [1.29, 1.82) is 0 Å². The third kappa shape index (κ3) is 8.35. The van der Waals surface area contributed by atoms with Crippen LogP contribution in [0.5, 0.6) is 0 Å². The van der Waals surface area contributed by atoms with E-state index in [1.54, 1.807) is 9.13 Å². The number of fused-ring (bicyclic) bond motifs is 14. The molecule has 6 nitrogen and oxygen atoms in total. The molecule has 0 bridgehead atoms. The fourth-order valence-corrected chi connectivity index (χ4v) is 13.9. The van der Waals surface area contributed by atoms with Gasteiger partial charge < -0.3 is 27.8 Å². The topological polar surface area (TPSA) is 42.6 Å². The fraction of sp³-hybridized carbons (Fsp3) is 0. The van der Waals surface area contributed by atoms with E-state index in [9.17, 15) is 5.48 Å². The minimum absolute atomic E-state index is 0.0448. The van der Waals surface area contributed by atoms with Crippen molar-refractivity contribution in [3.05, 3.63) is 327 Å². The number of anilines is 6. The van der Waals surface area contributed by atoms with Gasteiger partial charge >= 0.3 is 0 Å². The van der Waals surface area contributed by atoms with Crippen LogP contribution in [0.15, 0.2) is 336 Å². The molecule has 0 saturated heterocycles. The minimum atomic E-state index is -0.525. The summed E-state index contributed by atoms with van der Waals surface area (Å²) in [6.07, 6.45) is 0. The average Bonchev–Trinajstić information content (AvgIpc) is 1.53. The first-order chi connectivity index (χ1) is 49.7. The third-order valence-electron chi connectivity index (χ3n) is 18.1. The Morgan fingerprint density at radius 2 is 0.620 bits per heavy atom. The molecule has 15 aromatic carbocycles. The molecule has 92 heavy (non-hydrogen) atoms. The lowest BCUT2D eigenvalue weighted by Gasteiger charge is -2.26. The van der Waals surface area contributed by atoms with E-state index in [2.05, 4.69) is 131 Å². The number of rotatable bonds is 10. The third-order valence-corrected chi connectivity index (χ3v) is 18.1. The lowest BCUT2D eigenvalue weighted by Crippen LogP contribution is -2.09. The number of hydrogen-bond donors (Lipinski definition) is 0. The molecule has 0 atom stereocenters. The normalized spacial score (nSPS) is 13.4. The highest BCUT2D eigenvalue weighted by Gasteiger charge is 2.24. The molecule has 0 aliphatic heterocycles. The zero-order valence-corrected chi connectivity index (χ0v) is 49.0. The number of benzene rings is 15. The summed E-state index contributed by atoms with van der Waals surface area (Å²) >= 11 is 0. The van der Waals surface area contributed by atoms with E-state index in [0.717, 1.165) is 122 Å². The Hall–Kier alpha value is -12.4. The molecule has 0 aliphatic carbocycles. The Kier molecular flexibility index (Phi) is 9.52. The van der Waals surface area contributed by atoms with E-state index in [0.29, 0.717) is 43.6 Å². The van der Waals surface area contributed by atoms with Crippen LogP contribution in [-0.4, -0.2) is 9.13 Å². The smallest absolute Gasteiger partial charge is 0.135 e. The molecule has 0 fully saturated rings. The van der Waals surface area contributed by atoms with Crippen molar-refractivity contribution in [1.82, 2.24) is 9.13 Å². The lowest BCUT2D eigenvalue weighted by molar-refractivity contribution is 0.631. The molecule has 0 unspecified atom stereocenters. The highest BCUT2D eigenvalue weighted by molar-refractivity contribution is 6.26. The Morgan fingerprint density at radius 3 is 1.05 bits per heavy atom. The predicted molar refractivity (Wildman–Crippen MR) is 385 cm³/mol. The van der Waals surface area contributed by atoms with Gasteiger partial charge in [-0.1, -0.05) is 182 Å². The van der Waals surface area contributed by atoms with Gasteiger partial charge in [-0.05, 0) is 178 Å². The molecular formula is C86H54N4O2. The minimum Gasteiger partial charge on any atom is -0.456 e. The highest BCUT2D eigenvalue weighted by Crippen LogP contribution is 2.47. The summed E-state index contributed by atoms with van der Waals surface area (Å²) in [5.74, 6) is 1.58. The molecule has 0 N–H and O–H groups in total. The van der Waals surface area contributed by atoms with Gasteiger partial charge in [-0.15, -0.1) is 0 Å². The maximum atomic E-state index is 9.63. The van der Waals surface area contributed by atoms with Gasteiger partial charge in [0.2, 0.25) is 0 Å². The number of para-hydroxylation sites is 6. The van der Waals surface area contributed by atoms with Crippen LogP contribution in [-0.2, 0) is 0 Å². The molecule has 0 aliphatic rings. The molecule has 6 heteroatoms. The van der Waals surface area contributed by atoms with Crippen LogP contribution in [0.4, 0.5) is 34.1 Å². The molecule has 4 heterocycles. The molecule has 19 rings (SSSR count). The van der Waals surface area contributed by atoms with Gasteiger partial charge in [-0.2, -0.15) is 0 Å². The number of aromatic nitrogens is 2. The van der Waals surface area contributed by atoms with Crippen LogP contribution in [0.3, 0.4) is 0 Å². The first-order valence-corrected chi connectivity index (χ1v) is 30.5. The van der Waals surface area contributed by atoms with Crippen LogP contribution in [0.2, 0.25) is 0 Å². The van der Waals surface area contributed by atoms with E-state index in [4.69, 9.17) is 17.1 Å². The van der Waals surface area contributed by atoms with E-state index < -0.39 is 60.4 Å². The molecule has 4 aromatic heterocycles. The van der Waals surface area contributed by atoms with Crippen molar-refractivity contribution in [3.8, 4) is 34.0 Å². The quantitative estimate of drug-likeness (QED) is 0.137. The Labute approximate surface area is 543 Å². The molecule has 0 spiro atoms. The fourth-order valence-electron chi connectivity index (χ4n) is 13.9. The summed E-state index contributed by atoms with van der Waals surface area (Å²) in [7, 11) is 0. The summed E-state index contributed by atoms with van der Waals surface area (Å²) in [6, 6.07) is 85.6. The Bertz CT molecular complexity index is 6270. The van der Waals surface area contributed by atoms with Crippen LogP contribution in [0.25, 0.3) is 143 Å². The van der Waals surface area contributed by atoms with Gasteiger partial charge in [0.25, 0.3) is 0 Å². The zero-order valence-electron chi connectivity index (χ0n) is 59.0. The zero-order chi connectivity index (χ0) is 69.1. The largest absolute Gasteiger partial charge is 0.456 e. The standard InChI is InChI=1S/C86H54N4O2/c1-5-19-65(20-6-1)87(69-37-33-55-45-63(31-29-57(55)47-69)83-51-61-17-13-15-27-81(61)91-83)71-39-43-73-59(49-71)35-41-75-77-53-80-78(54-79(77)89(85(73)75)67-23-9-3-10-24-67)76-42-36-60-50-72(40-44-74(60)86(76)90(80)68-25-11-4-12-26-68)88(66-21-7-2-8-22-66)70-38-34-56-46-64(32-30-58(56)48-70)84-52-62-18-14-16-28-82(62)92-84/h1-54H/i3D,4D,9D,10D,11D,12D,23D,24D,25D,26D. The van der Waals surface area contributed by atoms with E-state index in [-0.39, 0.29) is 11.4 Å². The molecule has 0 amide bonds. The van der Waals surface area contributed by atoms with Gasteiger partial charge in [-0.25, -0.2) is 0 Å². The molecule has 0 saturated carbocycles. The van der Waals surface area contributed by atoms with Gasteiger partial charge in [0.15, 0.2) is 0 Å². The number of nitrogens with zero attached hydrogens (tertiary/aromatic N) is 4. The van der Waals surface area contributed by atoms with Crippen molar-refractivity contribution in [2.75, 3.05) is 9.80 Å². The van der Waals surface area contributed by atoms with E-state index in [1.165, 1.54) is 0 Å². The number of furan rings is 2. The van der Waals surface area contributed by atoms with Crippen molar-refractivity contribution in [3.63, 3.8) is 0 Å². The van der Waals surface area contributed by atoms with Crippen LogP contribution in [0, 0.1) is 0 Å². The van der Waals surface area contributed by atoms with Crippen molar-refractivity contribution in [2.45, 2.75) is 0 Å². The van der Waals surface area contributed by atoms with E-state index in [1.807, 2.05) is 146 Å². The molecule has 0 radical (unpaired) electrons. The number of hydrogen-bond acceptors (Lipinski definition) is 4. The highest BCUT2D eigenvalue weighted by atomic mass is 16.3. The maximum Gasteiger partial charge on any atom is 0.135 e. The van der Waals surface area contributed by atoms with Crippen molar-refractivity contribution >= 4 is 143 Å². The van der Waals surface area contributed by atoms with Crippen LogP contribution in [0.1, 0.15) is 13.7 Å². The first kappa shape index (κ1) is 42.5. The lowest BCUT2D eigenvalue weighted by atomic mass is 10.0. The van der Waals surface area contributed by atoms with Crippen LogP contribution >= 0.6 is 0 Å². The second-order valence-electron chi connectivity index (χ2n) is 23.4. The Balaban J connectivity index is 0.805. The summed E-state index contributed by atoms with van der Waals surface area (Å²) in [6.45, 7) is 0. The monoisotopic (exact) mass is 1180 g/mol. The molecule has 19 aromatic rings. The van der Waals surface area contributed by atoms with Gasteiger partial charge in [0.1, 0.15) is 22.7 Å². The summed E-state index contributed by atoms with van der Waals surface area (Å²) in [5.41, 5.74) is 11.1. The van der Waals surface area contributed by atoms with Crippen molar-refractivity contribution < 1.29 is 22.5 Å². The van der Waals surface area contributed by atoms with Gasteiger partial charge in [-0.3, -0.25) is 0 Å². The SMILES string of the molecule is [2H]c1c([2H])c([2H])c(-n2c3cc4c5ccc6cc(N(c7ccccc7)c7ccc8cc(-c9cc%10ccccc%10o9)ccc8c7)ccc6c5n(-c5c([2H])c([2H])c([2H])c([2H])c5[2H])c4cc3c3ccc4cc(N(c5ccccc5)c5ccc6cc(-c7cc8ccccc8o7)ccc6c5)ccc4c32)c([2H])c1[2H]. The van der Waals surface area contributed by atoms with Gasteiger partial charge in [0, 0.05) is 99.7 Å². The molecule has 430 valence electrons. The first-order valence-electron chi connectivity index (χ1n) is 35.5. The Morgan fingerprint density at radius 1 is 0.261 bits per heavy atom. The predicted octanol–water partition coefficient (Wildman–Crippen LogP) is 24.3. The summed E-state index contributed by atoms with van der Waals surface area (Å²) < 4.78 is 108. The molecular weight excluding hydrogens is 1120 g/mol. The van der Waals surface area contributed by atoms with Crippen molar-refractivity contribution in [2.24, 2.45) is 0 Å². The average molecular weight is 1190 g/mol. The second-order valence-corrected chi connectivity index (χ2v) is 23.4. The van der Waals surface area contributed by atoms with E-state index >= 15 is 0 Å². The summed E-state index contributed by atoms with van der Waals surface area (Å²) in [5, 5.41) is 11.9. The van der Waals surface area contributed by atoms with Crippen LogP contribution < -0.4 is 9.80 Å². The maximum absolute atomic E-state index is 9.63. The second kappa shape index (κ2) is 20.6.